The van der Waals surface area contributed by atoms with Crippen LogP contribution in [0.15, 0.2) is 23.1 Å². The lowest BCUT2D eigenvalue weighted by molar-refractivity contribution is -0.130. The molecule has 5 nitrogen and oxygen atoms in total. The lowest BCUT2D eigenvalue weighted by Gasteiger charge is -2.22. The van der Waals surface area contributed by atoms with Crippen LogP contribution in [0.1, 0.15) is 30.9 Å². The Morgan fingerprint density at radius 1 is 1.09 bits per heavy atom. The summed E-state index contributed by atoms with van der Waals surface area (Å²) in [6.45, 7) is 7.63. The predicted molar refractivity (Wildman–Crippen MR) is 86.2 cm³/mol. The molecule has 22 heavy (non-hydrogen) atoms. The third-order valence-electron chi connectivity index (χ3n) is 4.23. The van der Waals surface area contributed by atoms with E-state index in [1.165, 1.54) is 4.31 Å². The molecule has 1 amide bonds. The summed E-state index contributed by atoms with van der Waals surface area (Å²) in [6.07, 6.45) is 1.14. The standard InChI is InChI=1S/C16H24N2O3S/c1-4-16(19)17-8-5-9-18(11-10-17)22(20,21)15-7-6-13(2)14(3)12-15/h6-7,12H,4-5,8-11H2,1-3H3. The summed E-state index contributed by atoms with van der Waals surface area (Å²) in [5.41, 5.74) is 2.05. The molecule has 1 aromatic rings. The molecule has 0 spiro atoms. The van der Waals surface area contributed by atoms with Gasteiger partial charge in [0.05, 0.1) is 4.90 Å². The Morgan fingerprint density at radius 3 is 2.45 bits per heavy atom. The highest BCUT2D eigenvalue weighted by molar-refractivity contribution is 7.89. The number of hydrogen-bond donors (Lipinski definition) is 0. The lowest BCUT2D eigenvalue weighted by atomic mass is 10.1. The van der Waals surface area contributed by atoms with Gasteiger partial charge in [-0.3, -0.25) is 4.79 Å². The molecule has 6 heteroatoms. The number of carbonyl (C=O) groups is 1. The zero-order valence-corrected chi connectivity index (χ0v) is 14.3. The molecule has 122 valence electrons. The number of carbonyl (C=O) groups excluding carboxylic acids is 1. The minimum absolute atomic E-state index is 0.0884. The molecular weight excluding hydrogens is 300 g/mol. The molecule has 0 unspecified atom stereocenters. The molecule has 1 fully saturated rings. The number of nitrogens with zero attached hydrogens (tertiary/aromatic N) is 2. The zero-order chi connectivity index (χ0) is 16.3. The van der Waals surface area contributed by atoms with Gasteiger partial charge >= 0.3 is 0 Å². The van der Waals surface area contributed by atoms with Crippen LogP contribution in [0, 0.1) is 13.8 Å². The molecule has 1 heterocycles. The molecule has 1 aliphatic rings. The van der Waals surface area contributed by atoms with Crippen molar-refractivity contribution in [2.75, 3.05) is 26.2 Å². The minimum Gasteiger partial charge on any atom is -0.341 e. The van der Waals surface area contributed by atoms with Gasteiger partial charge < -0.3 is 4.90 Å². The topological polar surface area (TPSA) is 57.7 Å². The van der Waals surface area contributed by atoms with Gasteiger partial charge in [-0.1, -0.05) is 13.0 Å². The fourth-order valence-corrected chi connectivity index (χ4v) is 4.19. The van der Waals surface area contributed by atoms with E-state index in [1.54, 1.807) is 17.0 Å². The van der Waals surface area contributed by atoms with Gasteiger partial charge in [0.15, 0.2) is 0 Å². The normalized spacial score (nSPS) is 17.3. The molecule has 0 aromatic heterocycles. The van der Waals surface area contributed by atoms with Crippen LogP contribution in [0.5, 0.6) is 0 Å². The van der Waals surface area contributed by atoms with E-state index in [1.807, 2.05) is 26.8 Å². The van der Waals surface area contributed by atoms with Crippen molar-refractivity contribution in [1.82, 2.24) is 9.21 Å². The van der Waals surface area contributed by atoms with Crippen molar-refractivity contribution >= 4 is 15.9 Å². The second-order valence-electron chi connectivity index (χ2n) is 5.74. The maximum atomic E-state index is 12.8. The third-order valence-corrected chi connectivity index (χ3v) is 6.12. The van der Waals surface area contributed by atoms with Crippen LogP contribution in [0.4, 0.5) is 0 Å². The van der Waals surface area contributed by atoms with Crippen LogP contribution in [0.3, 0.4) is 0 Å². The molecule has 0 saturated carbocycles. The van der Waals surface area contributed by atoms with Crippen LogP contribution < -0.4 is 0 Å². The highest BCUT2D eigenvalue weighted by Crippen LogP contribution is 2.20. The largest absolute Gasteiger partial charge is 0.341 e. The average molecular weight is 324 g/mol. The molecule has 0 aliphatic carbocycles. The van der Waals surface area contributed by atoms with E-state index in [9.17, 15) is 13.2 Å². The predicted octanol–water partition coefficient (Wildman–Crippen LogP) is 1.94. The first-order chi connectivity index (χ1) is 10.4. The molecular formula is C16H24N2O3S. The van der Waals surface area contributed by atoms with Gasteiger partial charge in [0.2, 0.25) is 15.9 Å². The number of sulfonamides is 1. The van der Waals surface area contributed by atoms with Crippen LogP contribution in [-0.2, 0) is 14.8 Å². The first-order valence-electron chi connectivity index (χ1n) is 7.71. The fraction of sp³-hybridized carbons (Fsp3) is 0.562. The first-order valence-corrected chi connectivity index (χ1v) is 9.15. The highest BCUT2D eigenvalue weighted by atomic mass is 32.2. The van der Waals surface area contributed by atoms with Crippen molar-refractivity contribution in [1.29, 1.82) is 0 Å². The Kier molecular flexibility index (Phi) is 5.24. The van der Waals surface area contributed by atoms with E-state index in [0.29, 0.717) is 43.9 Å². The molecule has 1 aromatic carbocycles. The molecule has 0 bridgehead atoms. The Bertz CT molecular complexity index is 655. The smallest absolute Gasteiger partial charge is 0.243 e. The maximum absolute atomic E-state index is 12.8. The summed E-state index contributed by atoms with van der Waals surface area (Å²) >= 11 is 0. The van der Waals surface area contributed by atoms with Gasteiger partial charge in [-0.15, -0.1) is 0 Å². The first kappa shape index (κ1) is 17.0. The van der Waals surface area contributed by atoms with Gasteiger partial charge in [0, 0.05) is 32.6 Å². The maximum Gasteiger partial charge on any atom is 0.243 e. The summed E-state index contributed by atoms with van der Waals surface area (Å²) in [5.74, 6) is 0.0884. The number of aryl methyl sites for hydroxylation is 2. The zero-order valence-electron chi connectivity index (χ0n) is 13.5. The van der Waals surface area contributed by atoms with Gasteiger partial charge in [-0.25, -0.2) is 8.42 Å². The second kappa shape index (κ2) is 6.79. The van der Waals surface area contributed by atoms with E-state index in [4.69, 9.17) is 0 Å². The second-order valence-corrected chi connectivity index (χ2v) is 7.68. The molecule has 1 aliphatic heterocycles. The van der Waals surface area contributed by atoms with Crippen molar-refractivity contribution in [2.45, 2.75) is 38.5 Å². The van der Waals surface area contributed by atoms with Gasteiger partial charge in [0.25, 0.3) is 0 Å². The monoisotopic (exact) mass is 324 g/mol. The Balaban J connectivity index is 2.19. The Hall–Kier alpha value is -1.40. The average Bonchev–Trinajstić information content (AvgIpc) is 2.75. The quantitative estimate of drug-likeness (QED) is 0.854. The van der Waals surface area contributed by atoms with E-state index in [2.05, 4.69) is 0 Å². The van der Waals surface area contributed by atoms with Crippen molar-refractivity contribution in [3.8, 4) is 0 Å². The summed E-state index contributed by atoms with van der Waals surface area (Å²) in [5, 5.41) is 0. The number of benzene rings is 1. The minimum atomic E-state index is -3.49. The highest BCUT2D eigenvalue weighted by Gasteiger charge is 2.28. The molecule has 0 N–H and O–H groups in total. The van der Waals surface area contributed by atoms with Crippen molar-refractivity contribution in [3.63, 3.8) is 0 Å². The summed E-state index contributed by atoms with van der Waals surface area (Å²) in [7, 11) is -3.49. The van der Waals surface area contributed by atoms with Crippen LogP contribution in [-0.4, -0.2) is 49.7 Å². The summed E-state index contributed by atoms with van der Waals surface area (Å²) in [6, 6.07) is 5.23. The van der Waals surface area contributed by atoms with Crippen LogP contribution in [0.2, 0.25) is 0 Å². The summed E-state index contributed by atoms with van der Waals surface area (Å²) < 4.78 is 27.0. The SMILES string of the molecule is CCC(=O)N1CCCN(S(=O)(=O)c2ccc(C)c(C)c2)CC1. The Morgan fingerprint density at radius 2 is 1.82 bits per heavy atom. The van der Waals surface area contributed by atoms with Gasteiger partial charge in [-0.05, 0) is 43.5 Å². The van der Waals surface area contributed by atoms with E-state index in [0.717, 1.165) is 11.1 Å². The van der Waals surface area contributed by atoms with Gasteiger partial charge in [0.1, 0.15) is 0 Å². The molecule has 1 saturated heterocycles. The molecule has 0 radical (unpaired) electrons. The number of hydrogen-bond acceptors (Lipinski definition) is 3. The third kappa shape index (κ3) is 3.50. The van der Waals surface area contributed by atoms with Crippen molar-refractivity contribution in [2.24, 2.45) is 0 Å². The fourth-order valence-electron chi connectivity index (χ4n) is 2.63. The van der Waals surface area contributed by atoms with Crippen LogP contribution >= 0.6 is 0 Å². The number of amides is 1. The Labute approximate surface area is 133 Å². The van der Waals surface area contributed by atoms with E-state index in [-0.39, 0.29) is 5.91 Å². The van der Waals surface area contributed by atoms with Gasteiger partial charge in [-0.2, -0.15) is 4.31 Å². The lowest BCUT2D eigenvalue weighted by Crippen LogP contribution is -2.37. The van der Waals surface area contributed by atoms with Crippen molar-refractivity contribution < 1.29 is 13.2 Å². The van der Waals surface area contributed by atoms with Crippen LogP contribution in [0.25, 0.3) is 0 Å². The van der Waals surface area contributed by atoms with Crippen molar-refractivity contribution in [3.05, 3.63) is 29.3 Å². The molecule has 0 atom stereocenters. The van der Waals surface area contributed by atoms with E-state index >= 15 is 0 Å². The van der Waals surface area contributed by atoms with E-state index < -0.39 is 10.0 Å². The molecule has 2 rings (SSSR count). The number of rotatable bonds is 3. The summed E-state index contributed by atoms with van der Waals surface area (Å²) in [4.78, 5) is 13.9.